The topological polar surface area (TPSA) is 66.4 Å². The lowest BCUT2D eigenvalue weighted by Gasteiger charge is -2.17. The molecule has 138 valence electrons. The highest BCUT2D eigenvalue weighted by Gasteiger charge is 2.18. The van der Waals surface area contributed by atoms with Crippen molar-refractivity contribution in [2.45, 2.75) is 38.9 Å². The van der Waals surface area contributed by atoms with Crippen LogP contribution in [0.4, 0.5) is 0 Å². The van der Waals surface area contributed by atoms with E-state index in [1.165, 1.54) is 0 Å². The number of nitrogens with zero attached hydrogens (tertiary/aromatic N) is 2. The number of pyridine rings is 1. The van der Waals surface area contributed by atoms with E-state index in [2.05, 4.69) is 20.6 Å². The molecule has 1 aromatic rings. The Balaban J connectivity index is 0.00000529. The first kappa shape index (κ1) is 23.6. The first-order valence-electron chi connectivity index (χ1n) is 7.84. The van der Waals surface area contributed by atoms with Crippen molar-refractivity contribution < 1.29 is 4.21 Å². The summed E-state index contributed by atoms with van der Waals surface area (Å²) in [4.78, 5) is 8.54. The highest BCUT2D eigenvalue weighted by Crippen LogP contribution is 2.10. The Morgan fingerprint density at radius 2 is 2.04 bits per heavy atom. The van der Waals surface area contributed by atoms with E-state index in [1.54, 1.807) is 12.3 Å². The van der Waals surface area contributed by atoms with Crippen molar-refractivity contribution in [2.75, 3.05) is 25.4 Å². The molecular formula is C16H28ClIN4OS. The third-order valence-corrected chi connectivity index (χ3v) is 5.21. The Kier molecular flexibility index (Phi) is 11.8. The third kappa shape index (κ3) is 9.78. The predicted molar refractivity (Wildman–Crippen MR) is 115 cm³/mol. The van der Waals surface area contributed by atoms with Crippen molar-refractivity contribution in [2.24, 2.45) is 4.99 Å². The van der Waals surface area contributed by atoms with E-state index in [1.807, 2.05) is 33.8 Å². The van der Waals surface area contributed by atoms with Crippen LogP contribution in [0.5, 0.6) is 0 Å². The molecule has 1 aromatic heterocycles. The first-order valence-corrected chi connectivity index (χ1v) is 9.53. The molecule has 24 heavy (non-hydrogen) atoms. The molecule has 1 unspecified atom stereocenters. The second kappa shape index (κ2) is 12.0. The lowest BCUT2D eigenvalue weighted by Crippen LogP contribution is -2.38. The second-order valence-corrected chi connectivity index (χ2v) is 8.80. The number of rotatable bonds is 7. The fourth-order valence-electron chi connectivity index (χ4n) is 1.77. The molecule has 0 amide bonds. The molecule has 0 saturated carbocycles. The largest absolute Gasteiger partial charge is 0.357 e. The van der Waals surface area contributed by atoms with Crippen molar-refractivity contribution in [1.29, 1.82) is 0 Å². The summed E-state index contributed by atoms with van der Waals surface area (Å²) in [6, 6.07) is 3.76. The highest BCUT2D eigenvalue weighted by atomic mass is 127. The maximum Gasteiger partial charge on any atom is 0.191 e. The molecule has 0 radical (unpaired) electrons. The Morgan fingerprint density at radius 1 is 1.33 bits per heavy atom. The fourth-order valence-corrected chi connectivity index (χ4v) is 2.75. The molecule has 0 spiro atoms. The van der Waals surface area contributed by atoms with Gasteiger partial charge in [0.2, 0.25) is 0 Å². The average Bonchev–Trinajstić information content (AvgIpc) is 2.48. The monoisotopic (exact) mass is 486 g/mol. The van der Waals surface area contributed by atoms with E-state index >= 15 is 0 Å². The van der Waals surface area contributed by atoms with Gasteiger partial charge in [-0.05, 0) is 45.7 Å². The molecule has 0 aromatic carbocycles. The summed E-state index contributed by atoms with van der Waals surface area (Å²) in [6.07, 6.45) is 2.61. The van der Waals surface area contributed by atoms with Gasteiger partial charge in [-0.25, -0.2) is 4.98 Å². The summed E-state index contributed by atoms with van der Waals surface area (Å²) >= 11 is 5.77. The van der Waals surface area contributed by atoms with Crippen LogP contribution in [-0.2, 0) is 17.2 Å². The summed E-state index contributed by atoms with van der Waals surface area (Å²) < 4.78 is 11.8. The number of aliphatic imine (C=N–C) groups is 1. The molecule has 1 atom stereocenters. The minimum absolute atomic E-state index is 0. The maximum atomic E-state index is 12.0. The molecule has 0 aliphatic carbocycles. The Hall–Kier alpha value is -0.410. The highest BCUT2D eigenvalue weighted by molar-refractivity contribution is 14.0. The van der Waals surface area contributed by atoms with E-state index in [9.17, 15) is 4.21 Å². The van der Waals surface area contributed by atoms with E-state index in [0.29, 0.717) is 17.5 Å². The predicted octanol–water partition coefficient (Wildman–Crippen LogP) is 3.00. The molecule has 0 fully saturated rings. The van der Waals surface area contributed by atoms with Gasteiger partial charge in [-0.2, -0.15) is 0 Å². The van der Waals surface area contributed by atoms with Gasteiger partial charge in [0, 0.05) is 40.6 Å². The number of nitrogens with one attached hydrogen (secondary N) is 2. The van der Waals surface area contributed by atoms with Crippen molar-refractivity contribution in [3.8, 4) is 0 Å². The summed E-state index contributed by atoms with van der Waals surface area (Å²) in [5.74, 6) is 1.32. The fraction of sp³-hybridized carbons (Fsp3) is 0.625. The summed E-state index contributed by atoms with van der Waals surface area (Å²) in [5, 5.41) is 6.97. The van der Waals surface area contributed by atoms with E-state index in [-0.39, 0.29) is 28.7 Å². The van der Waals surface area contributed by atoms with Crippen LogP contribution in [0.2, 0.25) is 5.15 Å². The van der Waals surface area contributed by atoms with E-state index in [4.69, 9.17) is 11.6 Å². The van der Waals surface area contributed by atoms with Gasteiger partial charge >= 0.3 is 0 Å². The standard InChI is InChI=1S/C16H27ClN4OS.HI/c1-5-18-15(20-10-11-23(22)16(2,3)4)19-9-8-13-6-7-14(17)21-12-13;/h6-7,12H,5,8-11H2,1-4H3,(H2,18,19,20);1H. The molecule has 2 N–H and O–H groups in total. The minimum atomic E-state index is -0.879. The average molecular weight is 487 g/mol. The molecule has 0 bridgehead atoms. The normalized spacial score (nSPS) is 13.1. The van der Waals surface area contributed by atoms with E-state index in [0.717, 1.165) is 31.0 Å². The van der Waals surface area contributed by atoms with Crippen molar-refractivity contribution >= 4 is 52.3 Å². The summed E-state index contributed by atoms with van der Waals surface area (Å²) in [7, 11) is -0.879. The smallest absolute Gasteiger partial charge is 0.191 e. The molecule has 1 rings (SSSR count). The lowest BCUT2D eigenvalue weighted by molar-refractivity contribution is 0.648. The Bertz CT molecular complexity index is 532. The van der Waals surface area contributed by atoms with Gasteiger partial charge in [-0.15, -0.1) is 24.0 Å². The summed E-state index contributed by atoms with van der Waals surface area (Å²) in [6.45, 7) is 10.0. The molecule has 0 saturated heterocycles. The number of hydrogen-bond acceptors (Lipinski definition) is 3. The quantitative estimate of drug-likeness (QED) is 0.269. The van der Waals surface area contributed by atoms with Crippen LogP contribution in [-0.4, -0.2) is 45.3 Å². The van der Waals surface area contributed by atoms with Crippen LogP contribution in [0.1, 0.15) is 33.3 Å². The van der Waals surface area contributed by atoms with Gasteiger partial charge in [0.15, 0.2) is 5.96 Å². The summed E-state index contributed by atoms with van der Waals surface area (Å²) in [5.41, 5.74) is 1.12. The van der Waals surface area contributed by atoms with E-state index < -0.39 is 10.8 Å². The molecule has 5 nitrogen and oxygen atoms in total. The zero-order valence-corrected chi connectivity index (χ0v) is 18.7. The SMILES string of the molecule is CCNC(=NCCS(=O)C(C)(C)C)NCCc1ccc(Cl)nc1.I. The molecule has 8 heteroatoms. The zero-order chi connectivity index (χ0) is 17.3. The number of hydrogen-bond donors (Lipinski definition) is 2. The van der Waals surface area contributed by atoms with Gasteiger partial charge in [-0.3, -0.25) is 9.20 Å². The molecule has 1 heterocycles. The van der Waals surface area contributed by atoms with Gasteiger partial charge < -0.3 is 10.6 Å². The van der Waals surface area contributed by atoms with Crippen LogP contribution in [0, 0.1) is 0 Å². The van der Waals surface area contributed by atoms with Crippen molar-refractivity contribution in [1.82, 2.24) is 15.6 Å². The van der Waals surface area contributed by atoms with Crippen molar-refractivity contribution in [3.05, 3.63) is 29.0 Å². The number of halogens is 2. The first-order chi connectivity index (χ1) is 10.8. The number of aromatic nitrogens is 1. The third-order valence-electron chi connectivity index (χ3n) is 3.07. The van der Waals surface area contributed by atoms with Gasteiger partial charge in [0.05, 0.1) is 6.54 Å². The van der Waals surface area contributed by atoms with Gasteiger partial charge in [-0.1, -0.05) is 17.7 Å². The van der Waals surface area contributed by atoms with Crippen LogP contribution in [0.25, 0.3) is 0 Å². The molecular weight excluding hydrogens is 459 g/mol. The zero-order valence-electron chi connectivity index (χ0n) is 14.8. The molecule has 0 aliphatic rings. The minimum Gasteiger partial charge on any atom is -0.357 e. The maximum absolute atomic E-state index is 12.0. The van der Waals surface area contributed by atoms with Crippen LogP contribution in [0.15, 0.2) is 23.3 Å². The van der Waals surface area contributed by atoms with Gasteiger partial charge in [0.1, 0.15) is 5.15 Å². The Morgan fingerprint density at radius 3 is 2.58 bits per heavy atom. The Labute approximate surface area is 169 Å². The van der Waals surface area contributed by atoms with Crippen LogP contribution >= 0.6 is 35.6 Å². The van der Waals surface area contributed by atoms with Crippen LogP contribution < -0.4 is 10.6 Å². The lowest BCUT2D eigenvalue weighted by atomic mass is 10.2. The van der Waals surface area contributed by atoms with Crippen molar-refractivity contribution in [3.63, 3.8) is 0 Å². The van der Waals surface area contributed by atoms with Crippen LogP contribution in [0.3, 0.4) is 0 Å². The molecule has 0 aliphatic heterocycles. The van der Waals surface area contributed by atoms with Gasteiger partial charge in [0.25, 0.3) is 0 Å². The number of guanidine groups is 1. The second-order valence-electron chi connectivity index (χ2n) is 6.09.